The molecule has 2 unspecified atom stereocenters. The average molecular weight is 290 g/mol. The van der Waals surface area contributed by atoms with Crippen molar-refractivity contribution >= 4 is 17.5 Å². The number of aryl methyl sites for hydroxylation is 1. The van der Waals surface area contributed by atoms with Crippen LogP contribution in [-0.2, 0) is 9.59 Å². The molecular weight excluding hydrogens is 268 g/mol. The Morgan fingerprint density at radius 3 is 2.52 bits per heavy atom. The first-order chi connectivity index (χ1) is 10.0. The number of piperazine rings is 1. The normalized spacial score (nSPS) is 22.2. The summed E-state index contributed by atoms with van der Waals surface area (Å²) in [5, 5.41) is 2.80. The summed E-state index contributed by atoms with van der Waals surface area (Å²) in [6.07, 6.45) is 1.14. The summed E-state index contributed by atoms with van der Waals surface area (Å²) in [5.41, 5.74) is 1.69. The summed E-state index contributed by atoms with van der Waals surface area (Å²) in [5.74, 6) is 0.428. The number of methoxy groups -OCH3 is 1. The molecular formula is C16H22N2O3. The fourth-order valence-electron chi connectivity index (χ4n) is 2.69. The molecule has 1 saturated heterocycles. The minimum Gasteiger partial charge on any atom is -0.495 e. The standard InChI is InChI=1S/C16H22N2O3/c1-5-11-16(20)18(12(6-2)15(19)17-11)13-9-10(3)7-8-14(13)21-4/h7-9,11-12H,5-6H2,1-4H3,(H,17,19). The molecule has 5 heteroatoms. The van der Waals surface area contributed by atoms with Crippen molar-refractivity contribution in [2.75, 3.05) is 12.0 Å². The van der Waals surface area contributed by atoms with Crippen LogP contribution in [0.4, 0.5) is 5.69 Å². The second kappa shape index (κ2) is 6.16. The number of nitrogens with one attached hydrogen (secondary N) is 1. The van der Waals surface area contributed by atoms with E-state index in [1.54, 1.807) is 12.0 Å². The van der Waals surface area contributed by atoms with Crippen LogP contribution in [-0.4, -0.2) is 31.0 Å². The predicted octanol–water partition coefficient (Wildman–Crippen LogP) is 2.02. The number of carbonyl (C=O) groups is 2. The molecule has 2 atom stereocenters. The Morgan fingerprint density at radius 2 is 1.95 bits per heavy atom. The Labute approximate surface area is 125 Å². The molecule has 1 aromatic carbocycles. The van der Waals surface area contributed by atoms with Crippen molar-refractivity contribution < 1.29 is 14.3 Å². The molecule has 0 bridgehead atoms. The van der Waals surface area contributed by atoms with E-state index in [1.165, 1.54) is 0 Å². The Hall–Kier alpha value is -2.04. The van der Waals surface area contributed by atoms with Gasteiger partial charge in [-0.1, -0.05) is 19.9 Å². The van der Waals surface area contributed by atoms with Gasteiger partial charge in [-0.15, -0.1) is 0 Å². The van der Waals surface area contributed by atoms with Crippen molar-refractivity contribution in [3.05, 3.63) is 23.8 Å². The maximum atomic E-state index is 12.7. The van der Waals surface area contributed by atoms with Gasteiger partial charge in [-0.05, 0) is 37.5 Å². The van der Waals surface area contributed by atoms with Crippen molar-refractivity contribution in [3.8, 4) is 5.75 Å². The van der Waals surface area contributed by atoms with Gasteiger partial charge in [0.15, 0.2) is 0 Å². The molecule has 114 valence electrons. The van der Waals surface area contributed by atoms with E-state index < -0.39 is 12.1 Å². The highest BCUT2D eigenvalue weighted by Crippen LogP contribution is 2.33. The molecule has 1 aromatic rings. The maximum absolute atomic E-state index is 12.7. The summed E-state index contributed by atoms with van der Waals surface area (Å²) in [7, 11) is 1.57. The topological polar surface area (TPSA) is 58.6 Å². The van der Waals surface area contributed by atoms with Gasteiger partial charge < -0.3 is 10.1 Å². The second-order valence-corrected chi connectivity index (χ2v) is 5.28. The lowest BCUT2D eigenvalue weighted by Crippen LogP contribution is -2.63. The van der Waals surface area contributed by atoms with E-state index in [-0.39, 0.29) is 11.8 Å². The lowest BCUT2D eigenvalue weighted by Gasteiger charge is -2.39. The number of carbonyl (C=O) groups excluding carboxylic acids is 2. The largest absolute Gasteiger partial charge is 0.495 e. The Balaban J connectivity index is 2.53. The van der Waals surface area contributed by atoms with Crippen molar-refractivity contribution in [1.29, 1.82) is 0 Å². The summed E-state index contributed by atoms with van der Waals surface area (Å²) in [4.78, 5) is 26.6. The molecule has 1 fully saturated rings. The number of benzene rings is 1. The molecule has 1 aliphatic heterocycles. The maximum Gasteiger partial charge on any atom is 0.250 e. The lowest BCUT2D eigenvalue weighted by atomic mass is 10.0. The summed E-state index contributed by atoms with van der Waals surface area (Å²) >= 11 is 0. The molecule has 1 heterocycles. The van der Waals surface area contributed by atoms with Crippen LogP contribution in [0.3, 0.4) is 0 Å². The van der Waals surface area contributed by atoms with Crippen LogP contribution in [0.2, 0.25) is 0 Å². The number of hydrogen-bond acceptors (Lipinski definition) is 3. The third-order valence-corrected chi connectivity index (χ3v) is 3.86. The molecule has 0 saturated carbocycles. The zero-order valence-corrected chi connectivity index (χ0v) is 13.0. The zero-order chi connectivity index (χ0) is 15.6. The van der Waals surface area contributed by atoms with Crippen LogP contribution in [0.5, 0.6) is 5.75 Å². The van der Waals surface area contributed by atoms with Gasteiger partial charge in [0.1, 0.15) is 17.8 Å². The minimum absolute atomic E-state index is 0.0761. The van der Waals surface area contributed by atoms with Crippen LogP contribution < -0.4 is 15.0 Å². The van der Waals surface area contributed by atoms with Crippen molar-refractivity contribution in [1.82, 2.24) is 5.32 Å². The molecule has 2 rings (SSSR count). The first-order valence-electron chi connectivity index (χ1n) is 7.31. The van der Waals surface area contributed by atoms with Gasteiger partial charge in [0.2, 0.25) is 11.8 Å². The fourth-order valence-corrected chi connectivity index (χ4v) is 2.69. The number of amides is 2. The van der Waals surface area contributed by atoms with E-state index in [2.05, 4.69) is 5.32 Å². The summed E-state index contributed by atoms with van der Waals surface area (Å²) in [6.45, 7) is 5.75. The molecule has 0 spiro atoms. The Kier molecular flexibility index (Phi) is 4.50. The molecule has 21 heavy (non-hydrogen) atoms. The molecule has 1 N–H and O–H groups in total. The van der Waals surface area contributed by atoms with Gasteiger partial charge in [-0.2, -0.15) is 0 Å². The van der Waals surface area contributed by atoms with E-state index in [1.807, 2.05) is 39.0 Å². The smallest absolute Gasteiger partial charge is 0.250 e. The Bertz CT molecular complexity index is 556. The highest BCUT2D eigenvalue weighted by atomic mass is 16.5. The monoisotopic (exact) mass is 290 g/mol. The van der Waals surface area contributed by atoms with Crippen molar-refractivity contribution in [3.63, 3.8) is 0 Å². The highest BCUT2D eigenvalue weighted by Gasteiger charge is 2.40. The van der Waals surface area contributed by atoms with Crippen LogP contribution in [0, 0.1) is 6.92 Å². The zero-order valence-electron chi connectivity index (χ0n) is 13.0. The van der Waals surface area contributed by atoms with Crippen LogP contribution in [0.1, 0.15) is 32.3 Å². The van der Waals surface area contributed by atoms with Crippen molar-refractivity contribution in [2.45, 2.75) is 45.7 Å². The number of ether oxygens (including phenoxy) is 1. The number of hydrogen-bond donors (Lipinski definition) is 1. The molecule has 0 radical (unpaired) electrons. The molecule has 0 aliphatic carbocycles. The van der Waals surface area contributed by atoms with E-state index in [9.17, 15) is 9.59 Å². The van der Waals surface area contributed by atoms with E-state index in [0.29, 0.717) is 24.3 Å². The first kappa shape index (κ1) is 15.4. The first-order valence-corrected chi connectivity index (χ1v) is 7.31. The fraction of sp³-hybridized carbons (Fsp3) is 0.500. The Morgan fingerprint density at radius 1 is 1.24 bits per heavy atom. The third kappa shape index (κ3) is 2.73. The highest BCUT2D eigenvalue weighted by molar-refractivity contribution is 6.09. The number of anilines is 1. The van der Waals surface area contributed by atoms with E-state index >= 15 is 0 Å². The molecule has 0 aromatic heterocycles. The molecule has 1 aliphatic rings. The van der Waals surface area contributed by atoms with Gasteiger partial charge >= 0.3 is 0 Å². The second-order valence-electron chi connectivity index (χ2n) is 5.28. The van der Waals surface area contributed by atoms with Gasteiger partial charge in [0, 0.05) is 0 Å². The summed E-state index contributed by atoms with van der Waals surface area (Å²) < 4.78 is 5.37. The quantitative estimate of drug-likeness (QED) is 0.923. The SMILES string of the molecule is CCC1NC(=O)C(CC)N(c2cc(C)ccc2OC)C1=O. The molecule has 2 amide bonds. The van der Waals surface area contributed by atoms with Crippen molar-refractivity contribution in [2.24, 2.45) is 0 Å². The minimum atomic E-state index is -0.490. The van der Waals surface area contributed by atoms with Gasteiger partial charge in [0.25, 0.3) is 0 Å². The average Bonchev–Trinajstić information content (AvgIpc) is 2.48. The van der Waals surface area contributed by atoms with E-state index in [4.69, 9.17) is 4.74 Å². The van der Waals surface area contributed by atoms with Crippen LogP contribution in [0.25, 0.3) is 0 Å². The number of nitrogens with zero attached hydrogens (tertiary/aromatic N) is 1. The lowest BCUT2D eigenvalue weighted by molar-refractivity contribution is -0.134. The van der Waals surface area contributed by atoms with Gasteiger partial charge in [-0.3, -0.25) is 14.5 Å². The van der Waals surface area contributed by atoms with Gasteiger partial charge in [0.05, 0.1) is 12.8 Å². The van der Waals surface area contributed by atoms with Crippen LogP contribution in [0.15, 0.2) is 18.2 Å². The van der Waals surface area contributed by atoms with E-state index in [0.717, 1.165) is 5.56 Å². The summed E-state index contributed by atoms with van der Waals surface area (Å²) in [6, 6.07) is 4.69. The molecule has 5 nitrogen and oxygen atoms in total. The van der Waals surface area contributed by atoms with Crippen LogP contribution >= 0.6 is 0 Å². The third-order valence-electron chi connectivity index (χ3n) is 3.86. The predicted molar refractivity (Wildman–Crippen MR) is 81.5 cm³/mol. The number of rotatable bonds is 4. The van der Waals surface area contributed by atoms with Gasteiger partial charge in [-0.25, -0.2) is 0 Å².